The molecule has 0 N–H and O–H groups in total. The van der Waals surface area contributed by atoms with E-state index in [0.717, 1.165) is 6.04 Å². The molecule has 1 fully saturated rings. The fraction of sp³-hybridized carbons (Fsp3) is 0.538. The van der Waals surface area contributed by atoms with Crippen molar-refractivity contribution in [2.75, 3.05) is 10.6 Å². The first kappa shape index (κ1) is 10.9. The van der Waals surface area contributed by atoms with E-state index in [-0.39, 0.29) is 0 Å². The summed E-state index contributed by atoms with van der Waals surface area (Å²) in [5.74, 6) is 0. The van der Waals surface area contributed by atoms with Crippen molar-refractivity contribution < 1.29 is 0 Å². The Morgan fingerprint density at radius 1 is 1.07 bits per heavy atom. The van der Waals surface area contributed by atoms with Gasteiger partial charge in [0.05, 0.1) is 0 Å². The molecule has 1 aromatic carbocycles. The fourth-order valence-electron chi connectivity index (χ4n) is 2.36. The predicted molar refractivity (Wildman–Crippen MR) is 69.3 cm³/mol. The van der Waals surface area contributed by atoms with E-state index in [4.69, 9.17) is 0 Å². The first-order valence-electron chi connectivity index (χ1n) is 5.80. The Balaban J connectivity index is 2.09. The van der Waals surface area contributed by atoms with E-state index in [1.54, 1.807) is 0 Å². The summed E-state index contributed by atoms with van der Waals surface area (Å²) in [4.78, 5) is 0. The van der Waals surface area contributed by atoms with Crippen LogP contribution in [0.15, 0.2) is 30.3 Å². The summed E-state index contributed by atoms with van der Waals surface area (Å²) < 4.78 is 2.49. The molecule has 1 aliphatic rings. The molecule has 2 heteroatoms. The zero-order chi connectivity index (χ0) is 10.5. The van der Waals surface area contributed by atoms with Gasteiger partial charge in [-0.25, -0.2) is 0 Å². The van der Waals surface area contributed by atoms with Gasteiger partial charge in [0.2, 0.25) is 0 Å². The molecule has 0 aliphatic heterocycles. The van der Waals surface area contributed by atoms with Crippen molar-refractivity contribution in [1.82, 2.24) is 0 Å². The predicted octanol–water partition coefficient (Wildman–Crippen LogP) is 4.10. The van der Waals surface area contributed by atoms with Crippen LogP contribution in [0.2, 0.25) is 0 Å². The molecule has 0 spiro atoms. The summed E-state index contributed by atoms with van der Waals surface area (Å²) in [6, 6.07) is 11.5. The lowest BCUT2D eigenvalue weighted by Gasteiger charge is -2.34. The number of hydrogen-bond donors (Lipinski definition) is 0. The van der Waals surface area contributed by atoms with Crippen molar-refractivity contribution in [3.8, 4) is 0 Å². The van der Waals surface area contributed by atoms with Gasteiger partial charge in [0.15, 0.2) is 0 Å². The van der Waals surface area contributed by atoms with Crippen LogP contribution in [0.3, 0.4) is 0 Å². The second-order valence-electron chi connectivity index (χ2n) is 4.14. The molecule has 0 amide bonds. The standard InChI is InChI=1S/C13H19NS/c1-15-14(12-8-4-2-5-9-12)13-10-6-3-7-11-13/h2,4-5,8-9,13H,3,6-7,10-11H2,1H3. The molecule has 0 aromatic heterocycles. The molecule has 82 valence electrons. The molecule has 1 aromatic rings. The summed E-state index contributed by atoms with van der Waals surface area (Å²) in [5, 5.41) is 0. The number of nitrogens with zero attached hydrogens (tertiary/aromatic N) is 1. The van der Waals surface area contributed by atoms with Crippen molar-refractivity contribution in [1.29, 1.82) is 0 Å². The van der Waals surface area contributed by atoms with Crippen molar-refractivity contribution in [3.05, 3.63) is 30.3 Å². The summed E-state index contributed by atoms with van der Waals surface area (Å²) in [5.41, 5.74) is 1.36. The molecule has 0 unspecified atom stereocenters. The number of anilines is 1. The van der Waals surface area contributed by atoms with Crippen LogP contribution >= 0.6 is 11.9 Å². The minimum atomic E-state index is 0.746. The Bertz CT molecular complexity index is 280. The average Bonchev–Trinajstić information content (AvgIpc) is 2.33. The number of rotatable bonds is 3. The summed E-state index contributed by atoms with van der Waals surface area (Å²) in [7, 11) is 0. The van der Waals surface area contributed by atoms with E-state index in [1.807, 2.05) is 11.9 Å². The maximum Gasteiger partial charge on any atom is 0.0473 e. The fourth-order valence-corrected chi connectivity index (χ4v) is 3.20. The van der Waals surface area contributed by atoms with Crippen molar-refractivity contribution >= 4 is 17.6 Å². The lowest BCUT2D eigenvalue weighted by molar-refractivity contribution is 0.447. The van der Waals surface area contributed by atoms with Gasteiger partial charge in [-0.1, -0.05) is 49.4 Å². The Kier molecular flexibility index (Phi) is 3.95. The van der Waals surface area contributed by atoms with Gasteiger partial charge in [-0.05, 0) is 25.0 Å². The molecule has 0 heterocycles. The quantitative estimate of drug-likeness (QED) is 0.707. The van der Waals surface area contributed by atoms with Gasteiger partial charge in [0, 0.05) is 18.0 Å². The molecule has 0 saturated heterocycles. The van der Waals surface area contributed by atoms with Crippen molar-refractivity contribution in [3.63, 3.8) is 0 Å². The molecule has 1 saturated carbocycles. The second kappa shape index (κ2) is 5.45. The van der Waals surface area contributed by atoms with E-state index in [1.165, 1.54) is 37.8 Å². The topological polar surface area (TPSA) is 3.24 Å². The van der Waals surface area contributed by atoms with Crippen molar-refractivity contribution in [2.45, 2.75) is 38.1 Å². The molecule has 15 heavy (non-hydrogen) atoms. The highest BCUT2D eigenvalue weighted by atomic mass is 32.2. The molecule has 0 radical (unpaired) electrons. The molecule has 1 aliphatic carbocycles. The second-order valence-corrected chi connectivity index (χ2v) is 4.89. The van der Waals surface area contributed by atoms with E-state index < -0.39 is 0 Å². The Morgan fingerprint density at radius 2 is 1.73 bits per heavy atom. The maximum absolute atomic E-state index is 2.49. The van der Waals surface area contributed by atoms with Gasteiger partial charge >= 0.3 is 0 Å². The number of benzene rings is 1. The van der Waals surface area contributed by atoms with Crippen LogP contribution in [0.1, 0.15) is 32.1 Å². The monoisotopic (exact) mass is 221 g/mol. The molecular weight excluding hydrogens is 202 g/mol. The van der Waals surface area contributed by atoms with E-state index in [9.17, 15) is 0 Å². The van der Waals surface area contributed by atoms with Crippen LogP contribution in [-0.2, 0) is 0 Å². The normalized spacial score (nSPS) is 17.7. The van der Waals surface area contributed by atoms with Gasteiger partial charge in [0.1, 0.15) is 0 Å². The lowest BCUT2D eigenvalue weighted by Crippen LogP contribution is -2.30. The third-order valence-corrected chi connectivity index (χ3v) is 4.02. The van der Waals surface area contributed by atoms with Crippen LogP contribution in [0.5, 0.6) is 0 Å². The zero-order valence-corrected chi connectivity index (χ0v) is 10.2. The molecule has 1 nitrogen and oxygen atoms in total. The highest BCUT2D eigenvalue weighted by Crippen LogP contribution is 2.31. The Hall–Kier alpha value is -0.630. The molecule has 0 atom stereocenters. The van der Waals surface area contributed by atoms with E-state index in [2.05, 4.69) is 40.9 Å². The van der Waals surface area contributed by atoms with E-state index in [0.29, 0.717) is 0 Å². The van der Waals surface area contributed by atoms with Gasteiger partial charge in [-0.15, -0.1) is 0 Å². The molecule has 0 bridgehead atoms. The van der Waals surface area contributed by atoms with E-state index >= 15 is 0 Å². The van der Waals surface area contributed by atoms with Crippen molar-refractivity contribution in [2.24, 2.45) is 0 Å². The Morgan fingerprint density at radius 3 is 2.33 bits per heavy atom. The van der Waals surface area contributed by atoms with Crippen LogP contribution in [0.25, 0.3) is 0 Å². The maximum atomic E-state index is 2.49. The average molecular weight is 221 g/mol. The molecular formula is C13H19NS. The molecule has 2 rings (SSSR count). The van der Waals surface area contributed by atoms with Gasteiger partial charge in [-0.2, -0.15) is 0 Å². The first-order valence-corrected chi connectivity index (χ1v) is 6.98. The minimum Gasteiger partial charge on any atom is -0.313 e. The Labute approximate surface area is 97.0 Å². The third-order valence-electron chi connectivity index (χ3n) is 3.11. The minimum absolute atomic E-state index is 0.746. The van der Waals surface area contributed by atoms with Gasteiger partial charge in [0.25, 0.3) is 0 Å². The highest BCUT2D eigenvalue weighted by Gasteiger charge is 2.20. The van der Waals surface area contributed by atoms with Crippen LogP contribution in [0, 0.1) is 0 Å². The first-order chi connectivity index (χ1) is 7.42. The number of hydrogen-bond acceptors (Lipinski definition) is 2. The SMILES string of the molecule is CSN(c1ccccc1)C1CCCCC1. The largest absolute Gasteiger partial charge is 0.313 e. The van der Waals surface area contributed by atoms with Gasteiger partial charge in [-0.3, -0.25) is 0 Å². The van der Waals surface area contributed by atoms with Crippen LogP contribution < -0.4 is 4.31 Å². The summed E-state index contributed by atoms with van der Waals surface area (Å²) >= 11 is 1.86. The third kappa shape index (κ3) is 2.69. The lowest BCUT2D eigenvalue weighted by atomic mass is 9.95. The highest BCUT2D eigenvalue weighted by molar-refractivity contribution is 8.00. The summed E-state index contributed by atoms with van der Waals surface area (Å²) in [6.45, 7) is 0. The van der Waals surface area contributed by atoms with Gasteiger partial charge < -0.3 is 4.31 Å². The smallest absolute Gasteiger partial charge is 0.0473 e. The summed E-state index contributed by atoms with van der Waals surface area (Å²) in [6.07, 6.45) is 9.11. The van der Waals surface area contributed by atoms with Crippen LogP contribution in [0.4, 0.5) is 5.69 Å². The van der Waals surface area contributed by atoms with Crippen LogP contribution in [-0.4, -0.2) is 12.3 Å². The number of para-hydroxylation sites is 1. The zero-order valence-electron chi connectivity index (χ0n) is 9.36.